The van der Waals surface area contributed by atoms with Gasteiger partial charge in [0.2, 0.25) is 0 Å². The Hall–Kier alpha value is -1.28. The minimum absolute atomic E-state index is 0.153. The van der Waals surface area contributed by atoms with Gasteiger partial charge in [-0.15, -0.1) is 0 Å². The summed E-state index contributed by atoms with van der Waals surface area (Å²) < 4.78 is 0. The molecule has 0 aliphatic heterocycles. The van der Waals surface area contributed by atoms with E-state index in [4.69, 9.17) is 0 Å². The van der Waals surface area contributed by atoms with E-state index in [0.717, 1.165) is 31.4 Å². The topological polar surface area (TPSA) is 32.3 Å². The second-order valence-corrected chi connectivity index (χ2v) is 6.96. The molecule has 0 radical (unpaired) electrons. The standard InChI is InChI=1S/C19H31NO/c1-7-13-19(21,14-8-2)15(3)20-17-11-9-16(10-12-17)18(4,5)6/h9-12,20-21H,3,7-8,13-14H2,1-2,4-6H3. The number of hydrogen-bond donors (Lipinski definition) is 2. The Bertz CT molecular complexity index is 447. The second kappa shape index (κ2) is 7.13. The average Bonchev–Trinajstić information content (AvgIpc) is 2.38. The lowest BCUT2D eigenvalue weighted by Crippen LogP contribution is -2.34. The Morgan fingerprint density at radius 1 is 1.05 bits per heavy atom. The first kappa shape index (κ1) is 17.8. The van der Waals surface area contributed by atoms with Crippen LogP contribution in [-0.4, -0.2) is 10.7 Å². The van der Waals surface area contributed by atoms with Crippen molar-refractivity contribution in [3.63, 3.8) is 0 Å². The zero-order valence-corrected chi connectivity index (χ0v) is 14.3. The maximum absolute atomic E-state index is 10.8. The maximum atomic E-state index is 10.8. The minimum atomic E-state index is -0.813. The minimum Gasteiger partial charge on any atom is -0.384 e. The highest BCUT2D eigenvalue weighted by Crippen LogP contribution is 2.29. The monoisotopic (exact) mass is 289 g/mol. The van der Waals surface area contributed by atoms with Gasteiger partial charge in [-0.05, 0) is 36.0 Å². The smallest absolute Gasteiger partial charge is 0.104 e. The Kier molecular flexibility index (Phi) is 6.03. The fourth-order valence-electron chi connectivity index (χ4n) is 2.60. The summed E-state index contributed by atoms with van der Waals surface area (Å²) in [5.41, 5.74) is 2.33. The largest absolute Gasteiger partial charge is 0.384 e. The first-order valence-electron chi connectivity index (χ1n) is 8.02. The van der Waals surface area contributed by atoms with Crippen molar-refractivity contribution in [2.75, 3.05) is 5.32 Å². The third kappa shape index (κ3) is 4.89. The molecule has 21 heavy (non-hydrogen) atoms. The van der Waals surface area contributed by atoms with Crippen molar-refractivity contribution in [2.24, 2.45) is 0 Å². The Morgan fingerprint density at radius 2 is 1.52 bits per heavy atom. The lowest BCUT2D eigenvalue weighted by Gasteiger charge is -2.31. The summed E-state index contributed by atoms with van der Waals surface area (Å²) in [6.07, 6.45) is 3.37. The van der Waals surface area contributed by atoms with Crippen molar-refractivity contribution in [1.82, 2.24) is 0 Å². The van der Waals surface area contributed by atoms with Crippen LogP contribution >= 0.6 is 0 Å². The summed E-state index contributed by atoms with van der Waals surface area (Å²) in [4.78, 5) is 0. The second-order valence-electron chi connectivity index (χ2n) is 6.96. The van der Waals surface area contributed by atoms with Crippen LogP contribution in [0.5, 0.6) is 0 Å². The molecule has 0 fully saturated rings. The van der Waals surface area contributed by atoms with Crippen LogP contribution in [0.25, 0.3) is 0 Å². The van der Waals surface area contributed by atoms with Gasteiger partial charge in [0, 0.05) is 11.4 Å². The third-order valence-electron chi connectivity index (χ3n) is 3.94. The highest BCUT2D eigenvalue weighted by Gasteiger charge is 2.28. The van der Waals surface area contributed by atoms with Crippen LogP contribution in [-0.2, 0) is 5.41 Å². The maximum Gasteiger partial charge on any atom is 0.104 e. The summed E-state index contributed by atoms with van der Waals surface area (Å²) in [6, 6.07) is 8.39. The number of benzene rings is 1. The molecule has 0 saturated heterocycles. The van der Waals surface area contributed by atoms with Crippen LogP contribution in [0.4, 0.5) is 5.69 Å². The van der Waals surface area contributed by atoms with Gasteiger partial charge in [-0.2, -0.15) is 0 Å². The number of aliphatic hydroxyl groups is 1. The molecular formula is C19H31NO. The lowest BCUT2D eigenvalue weighted by atomic mass is 9.87. The van der Waals surface area contributed by atoms with E-state index in [0.29, 0.717) is 5.70 Å². The van der Waals surface area contributed by atoms with Crippen molar-refractivity contribution in [3.05, 3.63) is 42.1 Å². The van der Waals surface area contributed by atoms with Gasteiger partial charge in [0.05, 0.1) is 0 Å². The number of hydrogen-bond acceptors (Lipinski definition) is 2. The van der Waals surface area contributed by atoms with E-state index in [-0.39, 0.29) is 5.41 Å². The van der Waals surface area contributed by atoms with Crippen LogP contribution in [0.3, 0.4) is 0 Å². The van der Waals surface area contributed by atoms with Crippen LogP contribution < -0.4 is 5.32 Å². The van der Waals surface area contributed by atoms with Gasteiger partial charge in [0.15, 0.2) is 0 Å². The molecule has 2 nitrogen and oxygen atoms in total. The number of nitrogens with one attached hydrogen (secondary N) is 1. The summed E-state index contributed by atoms with van der Waals surface area (Å²) in [5.74, 6) is 0. The molecule has 1 aromatic rings. The van der Waals surface area contributed by atoms with E-state index in [1.54, 1.807) is 0 Å². The predicted molar refractivity (Wildman–Crippen MR) is 92.7 cm³/mol. The number of rotatable bonds is 7. The first-order chi connectivity index (χ1) is 9.73. The van der Waals surface area contributed by atoms with Gasteiger partial charge < -0.3 is 10.4 Å². The Morgan fingerprint density at radius 3 is 1.90 bits per heavy atom. The zero-order valence-electron chi connectivity index (χ0n) is 14.3. The quantitative estimate of drug-likeness (QED) is 0.719. The van der Waals surface area contributed by atoms with E-state index in [1.807, 2.05) is 0 Å². The molecule has 2 N–H and O–H groups in total. The van der Waals surface area contributed by atoms with Crippen molar-refractivity contribution in [3.8, 4) is 0 Å². The SMILES string of the molecule is C=C(Nc1ccc(C(C)(C)C)cc1)C(O)(CCC)CCC. The molecule has 0 saturated carbocycles. The Balaban J connectivity index is 2.82. The summed E-state index contributed by atoms with van der Waals surface area (Å²) >= 11 is 0. The summed E-state index contributed by atoms with van der Waals surface area (Å²) in [6.45, 7) is 14.9. The van der Waals surface area contributed by atoms with Gasteiger partial charge in [0.25, 0.3) is 0 Å². The third-order valence-corrected chi connectivity index (χ3v) is 3.94. The van der Waals surface area contributed by atoms with Crippen LogP contribution in [0.1, 0.15) is 65.9 Å². The predicted octanol–water partition coefficient (Wildman–Crippen LogP) is 5.24. The molecule has 0 amide bonds. The van der Waals surface area contributed by atoms with Crippen LogP contribution in [0, 0.1) is 0 Å². The average molecular weight is 289 g/mol. The molecule has 0 spiro atoms. The normalized spacial score (nSPS) is 12.3. The first-order valence-corrected chi connectivity index (χ1v) is 8.02. The van der Waals surface area contributed by atoms with E-state index >= 15 is 0 Å². The van der Waals surface area contributed by atoms with E-state index in [9.17, 15) is 5.11 Å². The van der Waals surface area contributed by atoms with Crippen molar-refractivity contribution in [1.29, 1.82) is 0 Å². The fraction of sp³-hybridized carbons (Fsp3) is 0.579. The molecule has 118 valence electrons. The van der Waals surface area contributed by atoms with Crippen molar-refractivity contribution >= 4 is 5.69 Å². The fourth-order valence-corrected chi connectivity index (χ4v) is 2.60. The van der Waals surface area contributed by atoms with E-state index < -0.39 is 5.60 Å². The van der Waals surface area contributed by atoms with E-state index in [1.165, 1.54) is 5.56 Å². The van der Waals surface area contributed by atoms with Crippen LogP contribution in [0.15, 0.2) is 36.5 Å². The molecule has 0 atom stereocenters. The molecule has 0 aliphatic rings. The highest BCUT2D eigenvalue weighted by molar-refractivity contribution is 5.51. The van der Waals surface area contributed by atoms with Gasteiger partial charge in [-0.1, -0.05) is 66.2 Å². The molecular weight excluding hydrogens is 258 g/mol. The van der Waals surface area contributed by atoms with Gasteiger partial charge in [-0.25, -0.2) is 0 Å². The molecule has 0 aromatic heterocycles. The van der Waals surface area contributed by atoms with Crippen molar-refractivity contribution in [2.45, 2.75) is 71.3 Å². The molecule has 0 aliphatic carbocycles. The van der Waals surface area contributed by atoms with E-state index in [2.05, 4.69) is 70.8 Å². The molecule has 0 heterocycles. The summed E-state index contributed by atoms with van der Waals surface area (Å²) in [7, 11) is 0. The number of anilines is 1. The van der Waals surface area contributed by atoms with Crippen molar-refractivity contribution < 1.29 is 5.11 Å². The summed E-state index contributed by atoms with van der Waals surface area (Å²) in [5, 5.41) is 14.0. The lowest BCUT2D eigenvalue weighted by molar-refractivity contribution is 0.0599. The molecule has 0 unspecified atom stereocenters. The Labute approximate surface area is 130 Å². The zero-order chi connectivity index (χ0) is 16.1. The van der Waals surface area contributed by atoms with Gasteiger partial charge in [-0.3, -0.25) is 0 Å². The van der Waals surface area contributed by atoms with Gasteiger partial charge in [0.1, 0.15) is 5.60 Å². The van der Waals surface area contributed by atoms with Gasteiger partial charge >= 0.3 is 0 Å². The molecule has 1 rings (SSSR count). The highest BCUT2D eigenvalue weighted by atomic mass is 16.3. The molecule has 0 bridgehead atoms. The van der Waals surface area contributed by atoms with Crippen LogP contribution in [0.2, 0.25) is 0 Å². The molecule has 2 heteroatoms. The molecule has 1 aromatic carbocycles.